The lowest BCUT2D eigenvalue weighted by Crippen LogP contribution is -2.52. The molecule has 1 saturated heterocycles. The number of aromatic nitrogens is 2. The number of aryl methyl sites for hydroxylation is 1. The summed E-state index contributed by atoms with van der Waals surface area (Å²) in [5, 5.41) is 4.25. The molecule has 3 rings (SSSR count). The summed E-state index contributed by atoms with van der Waals surface area (Å²) in [5.41, 5.74) is 0.611. The zero-order chi connectivity index (χ0) is 18.5. The molecule has 0 radical (unpaired) electrons. The van der Waals surface area contributed by atoms with Gasteiger partial charge in [-0.15, -0.1) is 24.0 Å². The normalized spacial score (nSPS) is 14.9. The molecule has 1 fully saturated rings. The van der Waals surface area contributed by atoms with Crippen LogP contribution in [-0.4, -0.2) is 53.4 Å². The Hall–Kier alpha value is -1.01. The number of rotatable bonds is 4. The van der Waals surface area contributed by atoms with Crippen LogP contribution in [0.2, 0.25) is 0 Å². The Kier molecular flexibility index (Phi) is 8.67. The molecule has 6 nitrogen and oxygen atoms in total. The fraction of sp³-hybridized carbons (Fsp3) is 0.471. The van der Waals surface area contributed by atoms with Crippen molar-refractivity contribution in [2.24, 2.45) is 4.99 Å². The molecular formula is C17H23BrFIN6S. The monoisotopic (exact) mass is 568 g/mol. The van der Waals surface area contributed by atoms with Crippen molar-refractivity contribution in [1.29, 1.82) is 0 Å². The van der Waals surface area contributed by atoms with Crippen molar-refractivity contribution in [2.75, 3.05) is 38.1 Å². The highest BCUT2D eigenvalue weighted by Crippen LogP contribution is 2.19. The van der Waals surface area contributed by atoms with Crippen LogP contribution in [0.25, 0.3) is 0 Å². The quantitative estimate of drug-likeness (QED) is 0.347. The first-order valence-corrected chi connectivity index (χ1v) is 10.1. The molecule has 2 heterocycles. The Morgan fingerprint density at radius 3 is 2.70 bits per heavy atom. The first kappa shape index (κ1) is 22.3. The highest BCUT2D eigenvalue weighted by molar-refractivity contribution is 14.0. The molecule has 1 aromatic carbocycles. The fourth-order valence-corrected chi connectivity index (χ4v) is 4.02. The summed E-state index contributed by atoms with van der Waals surface area (Å²) in [6, 6.07) is 4.95. The average molecular weight is 569 g/mol. The lowest BCUT2D eigenvalue weighted by atomic mass is 10.2. The molecule has 1 aliphatic rings. The third kappa shape index (κ3) is 5.74. The molecule has 0 bridgehead atoms. The highest BCUT2D eigenvalue weighted by atomic mass is 127. The maximum Gasteiger partial charge on any atom is 0.205 e. The summed E-state index contributed by atoms with van der Waals surface area (Å²) < 4.78 is 19.1. The lowest BCUT2D eigenvalue weighted by Gasteiger charge is -2.36. The van der Waals surface area contributed by atoms with Crippen LogP contribution in [0.1, 0.15) is 18.3 Å². The van der Waals surface area contributed by atoms with E-state index in [0.29, 0.717) is 12.1 Å². The molecule has 0 aliphatic carbocycles. The van der Waals surface area contributed by atoms with Crippen molar-refractivity contribution >= 4 is 62.5 Å². The van der Waals surface area contributed by atoms with Crippen LogP contribution in [0.5, 0.6) is 0 Å². The van der Waals surface area contributed by atoms with E-state index in [4.69, 9.17) is 0 Å². The standard InChI is InChI=1S/C17H22BrFN6S.HI/c1-3-15-22-17(26-23-15)25-8-6-24(7-9-25)16(20-2)21-11-12-10-13(18)4-5-14(12)19;/h4-5,10H,3,6-9,11H2,1-2H3,(H,20,21);1H. The maximum absolute atomic E-state index is 13.9. The summed E-state index contributed by atoms with van der Waals surface area (Å²) in [6.07, 6.45) is 0.860. The molecule has 1 aromatic heterocycles. The molecule has 0 saturated carbocycles. The van der Waals surface area contributed by atoms with E-state index >= 15 is 0 Å². The molecule has 27 heavy (non-hydrogen) atoms. The van der Waals surface area contributed by atoms with E-state index in [0.717, 1.165) is 54.0 Å². The smallest absolute Gasteiger partial charge is 0.205 e. The van der Waals surface area contributed by atoms with Gasteiger partial charge in [-0.1, -0.05) is 22.9 Å². The summed E-state index contributed by atoms with van der Waals surface area (Å²) in [4.78, 5) is 13.4. The van der Waals surface area contributed by atoms with E-state index < -0.39 is 0 Å². The predicted octanol–water partition coefficient (Wildman–Crippen LogP) is 3.52. The Morgan fingerprint density at radius 1 is 1.33 bits per heavy atom. The third-order valence-electron chi connectivity index (χ3n) is 4.28. The van der Waals surface area contributed by atoms with Gasteiger partial charge in [-0.05, 0) is 18.2 Å². The SMILES string of the molecule is CCc1nsc(N2CCN(C(=NC)NCc3cc(Br)ccc3F)CC2)n1.I. The number of nitrogens with zero attached hydrogens (tertiary/aromatic N) is 5. The predicted molar refractivity (Wildman–Crippen MR) is 123 cm³/mol. The topological polar surface area (TPSA) is 56.7 Å². The zero-order valence-electron chi connectivity index (χ0n) is 15.3. The highest BCUT2D eigenvalue weighted by Gasteiger charge is 2.22. The molecular weight excluding hydrogens is 546 g/mol. The molecule has 0 unspecified atom stereocenters. The Bertz CT molecular complexity index is 779. The van der Waals surface area contributed by atoms with Crippen LogP contribution in [0, 0.1) is 5.82 Å². The Morgan fingerprint density at radius 2 is 2.07 bits per heavy atom. The first-order chi connectivity index (χ1) is 12.6. The summed E-state index contributed by atoms with van der Waals surface area (Å²) in [6.45, 7) is 5.86. The number of aliphatic imine (C=N–C) groups is 1. The Balaban J connectivity index is 0.00000261. The number of hydrogen-bond acceptors (Lipinski definition) is 5. The zero-order valence-corrected chi connectivity index (χ0v) is 20.0. The van der Waals surface area contributed by atoms with E-state index in [1.54, 1.807) is 19.2 Å². The van der Waals surface area contributed by atoms with E-state index in [2.05, 4.69) is 52.3 Å². The van der Waals surface area contributed by atoms with E-state index in [1.807, 2.05) is 0 Å². The minimum atomic E-state index is -0.219. The molecule has 0 spiro atoms. The van der Waals surface area contributed by atoms with E-state index in [1.165, 1.54) is 17.6 Å². The second-order valence-corrected chi connectivity index (χ2v) is 7.60. The van der Waals surface area contributed by atoms with Gasteiger partial charge in [0.1, 0.15) is 11.6 Å². The summed E-state index contributed by atoms with van der Waals surface area (Å²) in [7, 11) is 1.75. The van der Waals surface area contributed by atoms with Crippen LogP contribution in [-0.2, 0) is 13.0 Å². The van der Waals surface area contributed by atoms with Gasteiger partial charge in [0, 0.05) is 67.8 Å². The second kappa shape index (κ2) is 10.5. The Labute approximate surface area is 188 Å². The van der Waals surface area contributed by atoms with Gasteiger partial charge in [-0.2, -0.15) is 4.37 Å². The van der Waals surface area contributed by atoms with Crippen LogP contribution >= 0.6 is 51.4 Å². The van der Waals surface area contributed by atoms with Crippen LogP contribution in [0.15, 0.2) is 27.7 Å². The molecule has 2 aromatic rings. The van der Waals surface area contributed by atoms with Crippen LogP contribution in [0.4, 0.5) is 9.52 Å². The van der Waals surface area contributed by atoms with Gasteiger partial charge >= 0.3 is 0 Å². The van der Waals surface area contributed by atoms with E-state index in [-0.39, 0.29) is 29.8 Å². The average Bonchev–Trinajstić information content (AvgIpc) is 3.14. The van der Waals surface area contributed by atoms with Gasteiger partial charge in [0.2, 0.25) is 5.13 Å². The number of anilines is 1. The number of piperazine rings is 1. The molecule has 0 atom stereocenters. The number of benzene rings is 1. The largest absolute Gasteiger partial charge is 0.352 e. The number of hydrogen-bond donors (Lipinski definition) is 1. The van der Waals surface area contributed by atoms with Gasteiger partial charge in [0.05, 0.1) is 0 Å². The second-order valence-electron chi connectivity index (χ2n) is 5.96. The van der Waals surface area contributed by atoms with Gasteiger partial charge in [0.15, 0.2) is 5.96 Å². The first-order valence-electron chi connectivity index (χ1n) is 8.57. The third-order valence-corrected chi connectivity index (χ3v) is 5.59. The lowest BCUT2D eigenvalue weighted by molar-refractivity contribution is 0.372. The van der Waals surface area contributed by atoms with Gasteiger partial charge < -0.3 is 15.1 Å². The van der Waals surface area contributed by atoms with Crippen molar-refractivity contribution in [3.8, 4) is 0 Å². The molecule has 1 aliphatic heterocycles. The van der Waals surface area contributed by atoms with Crippen molar-refractivity contribution in [2.45, 2.75) is 19.9 Å². The summed E-state index contributed by atoms with van der Waals surface area (Å²) >= 11 is 4.84. The van der Waals surface area contributed by atoms with Gasteiger partial charge in [-0.25, -0.2) is 9.37 Å². The molecule has 148 valence electrons. The van der Waals surface area contributed by atoms with Crippen molar-refractivity contribution in [1.82, 2.24) is 19.6 Å². The minimum Gasteiger partial charge on any atom is -0.352 e. The fourth-order valence-electron chi connectivity index (χ4n) is 2.81. The van der Waals surface area contributed by atoms with Crippen molar-refractivity contribution in [3.63, 3.8) is 0 Å². The molecule has 0 amide bonds. The van der Waals surface area contributed by atoms with Crippen LogP contribution < -0.4 is 10.2 Å². The van der Waals surface area contributed by atoms with Gasteiger partial charge in [0.25, 0.3) is 0 Å². The van der Waals surface area contributed by atoms with Gasteiger partial charge in [-0.3, -0.25) is 4.99 Å². The minimum absolute atomic E-state index is 0. The van der Waals surface area contributed by atoms with Crippen molar-refractivity contribution in [3.05, 3.63) is 39.9 Å². The summed E-state index contributed by atoms with van der Waals surface area (Å²) in [5.74, 6) is 1.47. The number of nitrogens with one attached hydrogen (secondary N) is 1. The maximum atomic E-state index is 13.9. The number of halogens is 3. The number of guanidine groups is 1. The van der Waals surface area contributed by atoms with Crippen LogP contribution in [0.3, 0.4) is 0 Å². The molecule has 10 heteroatoms. The van der Waals surface area contributed by atoms with Crippen molar-refractivity contribution < 1.29 is 4.39 Å². The van der Waals surface area contributed by atoms with E-state index in [9.17, 15) is 4.39 Å². The molecule has 1 N–H and O–H groups in total.